The number of amides is 1. The summed E-state index contributed by atoms with van der Waals surface area (Å²) >= 11 is 0. The second-order valence-corrected chi connectivity index (χ2v) is 5.07. The topological polar surface area (TPSA) is 123 Å². The zero-order chi connectivity index (χ0) is 19.1. The Balaban J connectivity index is 2.19. The van der Waals surface area contributed by atoms with E-state index in [-0.39, 0.29) is 22.7 Å². The van der Waals surface area contributed by atoms with Gasteiger partial charge in [0, 0.05) is 0 Å². The Hall–Kier alpha value is -3.46. The second-order valence-electron chi connectivity index (χ2n) is 5.07. The van der Waals surface area contributed by atoms with Gasteiger partial charge in [0.25, 0.3) is 11.6 Å². The highest BCUT2D eigenvalue weighted by molar-refractivity contribution is 5.89. The first-order chi connectivity index (χ1) is 12.5. The molecule has 0 aliphatic carbocycles. The first kappa shape index (κ1) is 18.9. The van der Waals surface area contributed by atoms with E-state index >= 15 is 0 Å². The lowest BCUT2D eigenvalue weighted by atomic mass is 10.1. The monoisotopic (exact) mass is 359 g/mol. The third kappa shape index (κ3) is 4.33. The molecule has 2 aromatic carbocycles. The maximum absolute atomic E-state index is 11.9. The van der Waals surface area contributed by atoms with Gasteiger partial charge in [-0.25, -0.2) is 5.43 Å². The predicted molar refractivity (Wildman–Crippen MR) is 93.3 cm³/mol. The summed E-state index contributed by atoms with van der Waals surface area (Å²) in [5.74, 6) is -0.300. The molecule has 2 aromatic rings. The number of methoxy groups -OCH3 is 2. The van der Waals surface area contributed by atoms with Crippen molar-refractivity contribution in [2.75, 3.05) is 14.2 Å². The third-order valence-electron chi connectivity index (χ3n) is 3.47. The second kappa shape index (κ2) is 8.58. The molecule has 1 amide bonds. The molecular formula is C17H17N3O6. The van der Waals surface area contributed by atoms with Crippen LogP contribution in [0.4, 0.5) is 5.69 Å². The van der Waals surface area contributed by atoms with Gasteiger partial charge in [0.05, 0.1) is 37.0 Å². The summed E-state index contributed by atoms with van der Waals surface area (Å²) in [6.07, 6.45) is -0.316. The van der Waals surface area contributed by atoms with Crippen molar-refractivity contribution in [1.29, 1.82) is 0 Å². The van der Waals surface area contributed by atoms with Crippen molar-refractivity contribution in [2.45, 2.75) is 6.10 Å². The summed E-state index contributed by atoms with van der Waals surface area (Å²) in [4.78, 5) is 22.5. The molecule has 0 fully saturated rings. The number of carbonyl (C=O) groups is 1. The lowest BCUT2D eigenvalue weighted by Crippen LogP contribution is -2.25. The van der Waals surface area contributed by atoms with Crippen molar-refractivity contribution < 1.29 is 24.3 Å². The summed E-state index contributed by atoms with van der Waals surface area (Å²) in [5.41, 5.74) is 2.37. The van der Waals surface area contributed by atoms with Crippen LogP contribution in [0.25, 0.3) is 0 Å². The standard InChI is InChI=1S/C17H17N3O6/c1-25-14-8-12(13(20(23)24)9-15(14)26-2)10-18-19-17(22)16(21)11-6-4-3-5-7-11/h3-10,16,21H,1-2H3,(H,19,22)/b18-10-/t16-/m0/s1. The molecule has 0 aliphatic heterocycles. The van der Waals surface area contributed by atoms with E-state index in [0.29, 0.717) is 5.56 Å². The number of nitro groups is 1. The minimum Gasteiger partial charge on any atom is -0.493 e. The quantitative estimate of drug-likeness (QED) is 0.441. The predicted octanol–water partition coefficient (Wildman–Crippen LogP) is 1.80. The zero-order valence-electron chi connectivity index (χ0n) is 14.1. The number of nitrogens with one attached hydrogen (secondary N) is 1. The molecule has 136 valence electrons. The van der Waals surface area contributed by atoms with Gasteiger partial charge in [0.2, 0.25) is 0 Å². The SMILES string of the molecule is COc1cc(/C=N\NC(=O)[C@@H](O)c2ccccc2)c([N+](=O)[O-])cc1OC. The van der Waals surface area contributed by atoms with Gasteiger partial charge in [0.15, 0.2) is 17.6 Å². The van der Waals surface area contributed by atoms with E-state index in [0.717, 1.165) is 6.21 Å². The number of hydrogen-bond acceptors (Lipinski definition) is 7. The number of hydrazone groups is 1. The van der Waals surface area contributed by atoms with E-state index in [4.69, 9.17) is 9.47 Å². The number of aliphatic hydroxyl groups is 1. The number of benzene rings is 2. The molecule has 0 spiro atoms. The summed E-state index contributed by atoms with van der Waals surface area (Å²) in [6.45, 7) is 0. The van der Waals surface area contributed by atoms with E-state index in [1.165, 1.54) is 26.4 Å². The van der Waals surface area contributed by atoms with Crippen molar-refractivity contribution >= 4 is 17.8 Å². The summed E-state index contributed by atoms with van der Waals surface area (Å²) in [7, 11) is 2.75. The Bertz CT molecular complexity index is 823. The Kier molecular flexibility index (Phi) is 6.23. The lowest BCUT2D eigenvalue weighted by molar-refractivity contribution is -0.385. The molecule has 0 bridgehead atoms. The van der Waals surface area contributed by atoms with Crippen LogP contribution in [0.2, 0.25) is 0 Å². The number of ether oxygens (including phenoxy) is 2. The number of nitro benzene ring substituents is 1. The molecule has 0 radical (unpaired) electrons. The van der Waals surface area contributed by atoms with Crippen molar-refractivity contribution in [3.8, 4) is 11.5 Å². The van der Waals surface area contributed by atoms with Gasteiger partial charge in [-0.3, -0.25) is 14.9 Å². The maximum Gasteiger partial charge on any atom is 0.282 e. The first-order valence-electron chi connectivity index (χ1n) is 7.44. The van der Waals surface area contributed by atoms with Gasteiger partial charge < -0.3 is 14.6 Å². The van der Waals surface area contributed by atoms with E-state index < -0.39 is 16.9 Å². The molecule has 9 nitrogen and oxygen atoms in total. The van der Waals surface area contributed by atoms with Gasteiger partial charge in [-0.05, 0) is 11.6 Å². The highest BCUT2D eigenvalue weighted by atomic mass is 16.6. The molecule has 2 N–H and O–H groups in total. The lowest BCUT2D eigenvalue weighted by Gasteiger charge is -2.09. The van der Waals surface area contributed by atoms with Crippen LogP contribution in [0.15, 0.2) is 47.6 Å². The van der Waals surface area contributed by atoms with Gasteiger partial charge in [-0.1, -0.05) is 30.3 Å². The fourth-order valence-electron chi connectivity index (χ4n) is 2.16. The number of rotatable bonds is 7. The van der Waals surface area contributed by atoms with E-state index in [9.17, 15) is 20.0 Å². The van der Waals surface area contributed by atoms with Crippen molar-refractivity contribution in [2.24, 2.45) is 5.10 Å². The van der Waals surface area contributed by atoms with Crippen LogP contribution in [0, 0.1) is 10.1 Å². The highest BCUT2D eigenvalue weighted by Gasteiger charge is 2.19. The van der Waals surface area contributed by atoms with Crippen LogP contribution in [-0.4, -0.2) is 36.4 Å². The average molecular weight is 359 g/mol. The molecule has 2 rings (SSSR count). The highest BCUT2D eigenvalue weighted by Crippen LogP contribution is 2.33. The van der Waals surface area contributed by atoms with Crippen molar-refractivity contribution in [1.82, 2.24) is 5.43 Å². The number of nitrogens with zero attached hydrogens (tertiary/aromatic N) is 2. The molecule has 0 heterocycles. The maximum atomic E-state index is 11.9. The van der Waals surface area contributed by atoms with Gasteiger partial charge in [-0.15, -0.1) is 0 Å². The Morgan fingerprint density at radius 2 is 1.85 bits per heavy atom. The minimum atomic E-state index is -1.41. The fraction of sp³-hybridized carbons (Fsp3) is 0.176. The smallest absolute Gasteiger partial charge is 0.282 e. The molecular weight excluding hydrogens is 342 g/mol. The molecule has 0 aliphatic rings. The van der Waals surface area contributed by atoms with Crippen LogP contribution in [0.3, 0.4) is 0 Å². The molecule has 1 atom stereocenters. The van der Waals surface area contributed by atoms with Gasteiger partial charge in [-0.2, -0.15) is 5.10 Å². The van der Waals surface area contributed by atoms with Crippen molar-refractivity contribution in [3.05, 3.63) is 63.7 Å². The molecule has 26 heavy (non-hydrogen) atoms. The summed E-state index contributed by atoms with van der Waals surface area (Å²) < 4.78 is 10.1. The normalized spacial score (nSPS) is 11.8. The average Bonchev–Trinajstić information content (AvgIpc) is 2.67. The van der Waals surface area contributed by atoms with Crippen LogP contribution in [-0.2, 0) is 4.79 Å². The van der Waals surface area contributed by atoms with Crippen LogP contribution in [0.5, 0.6) is 11.5 Å². The van der Waals surface area contributed by atoms with Gasteiger partial charge >= 0.3 is 0 Å². The molecule has 0 unspecified atom stereocenters. The summed E-state index contributed by atoms with van der Waals surface area (Å²) in [5, 5.41) is 24.8. The van der Waals surface area contributed by atoms with Crippen molar-refractivity contribution in [3.63, 3.8) is 0 Å². The van der Waals surface area contributed by atoms with Crippen LogP contribution in [0.1, 0.15) is 17.2 Å². The molecule has 9 heteroatoms. The Labute approximate surface area is 149 Å². The number of aliphatic hydroxyl groups excluding tert-OH is 1. The Morgan fingerprint density at radius 1 is 1.23 bits per heavy atom. The Morgan fingerprint density at radius 3 is 2.42 bits per heavy atom. The summed E-state index contributed by atoms with van der Waals surface area (Å²) in [6, 6.07) is 10.9. The molecule has 0 aromatic heterocycles. The molecule has 0 saturated carbocycles. The van der Waals surface area contributed by atoms with E-state index in [1.807, 2.05) is 0 Å². The minimum absolute atomic E-state index is 0.0992. The molecule has 0 saturated heterocycles. The first-order valence-corrected chi connectivity index (χ1v) is 7.44. The largest absolute Gasteiger partial charge is 0.493 e. The van der Waals surface area contributed by atoms with Crippen LogP contribution < -0.4 is 14.9 Å². The number of hydrogen-bond donors (Lipinski definition) is 2. The van der Waals surface area contributed by atoms with E-state index in [2.05, 4.69) is 10.5 Å². The van der Waals surface area contributed by atoms with Gasteiger partial charge in [0.1, 0.15) is 0 Å². The van der Waals surface area contributed by atoms with Crippen LogP contribution >= 0.6 is 0 Å². The number of carbonyl (C=O) groups excluding carboxylic acids is 1. The zero-order valence-corrected chi connectivity index (χ0v) is 14.1. The fourth-order valence-corrected chi connectivity index (χ4v) is 2.16. The van der Waals surface area contributed by atoms with E-state index in [1.54, 1.807) is 30.3 Å². The third-order valence-corrected chi connectivity index (χ3v) is 3.47.